The van der Waals surface area contributed by atoms with Crippen LogP contribution in [0.25, 0.3) is 0 Å². The van der Waals surface area contributed by atoms with Gasteiger partial charge in [0.1, 0.15) is 0 Å². The number of rotatable bonds is 9. The van der Waals surface area contributed by atoms with Gasteiger partial charge in [-0.15, -0.1) is 0 Å². The molecule has 8 nitrogen and oxygen atoms in total. The number of nitrogens with two attached hydrogens (primary N) is 2. The molecule has 0 radical (unpaired) electrons. The van der Waals surface area contributed by atoms with Crippen molar-refractivity contribution in [2.24, 2.45) is 23.3 Å². The Morgan fingerprint density at radius 3 is 2.15 bits per heavy atom. The number of carbonyl (C=O) groups is 3. The molecule has 0 aromatic rings. The topological polar surface area (TPSA) is 148 Å². The van der Waals surface area contributed by atoms with Crippen molar-refractivity contribution < 1.29 is 19.5 Å². The van der Waals surface area contributed by atoms with Crippen LogP contribution in [0, 0.1) is 11.8 Å². The fraction of sp³-hybridized carbons (Fsp3) is 0.842. The Morgan fingerprint density at radius 1 is 1.11 bits per heavy atom. The molecule has 2 unspecified atom stereocenters. The van der Waals surface area contributed by atoms with E-state index in [1.807, 2.05) is 0 Å². The highest BCUT2D eigenvalue weighted by molar-refractivity contribution is 5.92. The van der Waals surface area contributed by atoms with Crippen LogP contribution in [0.3, 0.4) is 0 Å². The van der Waals surface area contributed by atoms with Gasteiger partial charge >= 0.3 is 0 Å². The lowest BCUT2D eigenvalue weighted by atomic mass is 9.83. The Labute approximate surface area is 162 Å². The fourth-order valence-electron chi connectivity index (χ4n) is 3.09. The van der Waals surface area contributed by atoms with Gasteiger partial charge in [0, 0.05) is 31.5 Å². The molecule has 0 heterocycles. The zero-order valence-corrected chi connectivity index (χ0v) is 17.0. The van der Waals surface area contributed by atoms with Gasteiger partial charge in [0.15, 0.2) is 5.78 Å². The Hall–Kier alpha value is -1.51. The molecule has 2 atom stereocenters. The quantitative estimate of drug-likeness (QED) is 0.379. The van der Waals surface area contributed by atoms with Gasteiger partial charge in [0.2, 0.25) is 11.8 Å². The maximum Gasteiger partial charge on any atom is 0.240 e. The van der Waals surface area contributed by atoms with Crippen LogP contribution in [0.15, 0.2) is 0 Å². The minimum atomic E-state index is -0.709. The number of nitrogens with one attached hydrogen (secondary N) is 2. The van der Waals surface area contributed by atoms with Crippen LogP contribution in [-0.2, 0) is 14.4 Å². The minimum Gasteiger partial charge on any atom is -0.397 e. The minimum absolute atomic E-state index is 0.0449. The lowest BCUT2D eigenvalue weighted by molar-refractivity contribution is -0.130. The molecule has 7 N–H and O–H groups in total. The second-order valence-corrected chi connectivity index (χ2v) is 7.27. The molecule has 8 heteroatoms. The van der Waals surface area contributed by atoms with Crippen molar-refractivity contribution in [2.45, 2.75) is 71.4 Å². The molecule has 0 aromatic heterocycles. The van der Waals surface area contributed by atoms with Gasteiger partial charge in [-0.3, -0.25) is 14.4 Å². The number of ketones is 1. The number of aliphatic hydroxyl groups excluding tert-OH is 1. The van der Waals surface area contributed by atoms with Crippen molar-refractivity contribution in [3.05, 3.63) is 0 Å². The Balaban J connectivity index is 0.00000210. The predicted octanol–water partition coefficient (Wildman–Crippen LogP) is 0.0675. The van der Waals surface area contributed by atoms with Gasteiger partial charge in [-0.2, -0.15) is 0 Å². The summed E-state index contributed by atoms with van der Waals surface area (Å²) in [5.41, 5.74) is 11.6. The average molecular weight is 387 g/mol. The molecule has 0 aliphatic heterocycles. The van der Waals surface area contributed by atoms with Gasteiger partial charge in [0.25, 0.3) is 0 Å². The van der Waals surface area contributed by atoms with E-state index >= 15 is 0 Å². The van der Waals surface area contributed by atoms with E-state index in [-0.39, 0.29) is 49.8 Å². The summed E-state index contributed by atoms with van der Waals surface area (Å²) in [5.74, 6) is -0.580. The zero-order chi connectivity index (χ0) is 20.8. The van der Waals surface area contributed by atoms with Gasteiger partial charge in [0.05, 0.1) is 12.6 Å². The summed E-state index contributed by atoms with van der Waals surface area (Å²) >= 11 is 0. The van der Waals surface area contributed by atoms with Crippen LogP contribution in [-0.4, -0.2) is 54.5 Å². The van der Waals surface area contributed by atoms with E-state index in [1.165, 1.54) is 19.3 Å². The van der Waals surface area contributed by atoms with Crippen molar-refractivity contribution >= 4 is 17.6 Å². The molecule has 2 amide bonds. The second-order valence-electron chi connectivity index (χ2n) is 7.27. The summed E-state index contributed by atoms with van der Waals surface area (Å²) in [6, 6.07) is -0.869. The predicted molar refractivity (Wildman–Crippen MR) is 106 cm³/mol. The highest BCUT2D eigenvalue weighted by Crippen LogP contribution is 2.26. The summed E-state index contributed by atoms with van der Waals surface area (Å²) < 4.78 is 0. The van der Waals surface area contributed by atoms with Crippen molar-refractivity contribution in [2.75, 3.05) is 19.7 Å². The van der Waals surface area contributed by atoms with Gasteiger partial charge in [-0.05, 0) is 25.7 Å². The largest absolute Gasteiger partial charge is 0.397 e. The molecule has 0 aromatic carbocycles. The van der Waals surface area contributed by atoms with Crippen LogP contribution in [0.4, 0.5) is 0 Å². The smallest absolute Gasteiger partial charge is 0.240 e. The van der Waals surface area contributed by atoms with E-state index in [0.29, 0.717) is 5.92 Å². The van der Waals surface area contributed by atoms with E-state index in [2.05, 4.69) is 10.6 Å². The molecule has 1 rings (SSSR count). The standard InChI is InChI=1S/C17H32N4O3.C2H6O/c1-11(2)17(24)14(9-18)21-16(23)10-20-15(22)8-13(19)12-6-4-3-5-7-12;1-2-3/h11-14H,3-10,18-19H2,1-2H3,(H,20,22)(H,21,23);3H,2H2,1H3. The third-order valence-electron chi connectivity index (χ3n) is 4.61. The number of hydrogen-bond acceptors (Lipinski definition) is 6. The first-order valence-corrected chi connectivity index (χ1v) is 9.93. The Morgan fingerprint density at radius 2 is 1.67 bits per heavy atom. The average Bonchev–Trinajstić information content (AvgIpc) is 2.65. The molecule has 158 valence electrons. The summed E-state index contributed by atoms with van der Waals surface area (Å²) in [4.78, 5) is 35.7. The molecule has 27 heavy (non-hydrogen) atoms. The number of amides is 2. The van der Waals surface area contributed by atoms with Gasteiger partial charge in [-0.1, -0.05) is 33.1 Å². The second kappa shape index (κ2) is 14.5. The normalized spacial score (nSPS) is 16.7. The number of hydrogen-bond donors (Lipinski definition) is 5. The molecule has 1 aliphatic carbocycles. The first-order chi connectivity index (χ1) is 12.8. The van der Waals surface area contributed by atoms with Gasteiger partial charge < -0.3 is 27.2 Å². The molecule has 0 spiro atoms. The number of aliphatic hydroxyl groups is 1. The number of Topliss-reactive ketones (excluding diaryl/α,β-unsaturated/α-hetero) is 1. The molecule has 1 saturated carbocycles. The third kappa shape index (κ3) is 11.0. The zero-order valence-electron chi connectivity index (χ0n) is 17.0. The van der Waals surface area contributed by atoms with E-state index in [4.69, 9.17) is 16.6 Å². The molecular weight excluding hydrogens is 348 g/mol. The van der Waals surface area contributed by atoms with E-state index in [1.54, 1.807) is 20.8 Å². The first kappa shape index (κ1) is 25.5. The highest BCUT2D eigenvalue weighted by atomic mass is 16.2. The lowest BCUT2D eigenvalue weighted by Gasteiger charge is -2.27. The van der Waals surface area contributed by atoms with Crippen LogP contribution >= 0.6 is 0 Å². The molecule has 0 saturated heterocycles. The van der Waals surface area contributed by atoms with E-state index in [9.17, 15) is 14.4 Å². The maximum atomic E-state index is 11.9. The molecule has 0 bridgehead atoms. The van der Waals surface area contributed by atoms with Crippen molar-refractivity contribution in [1.29, 1.82) is 0 Å². The van der Waals surface area contributed by atoms with Crippen LogP contribution in [0.5, 0.6) is 0 Å². The van der Waals surface area contributed by atoms with Crippen LogP contribution < -0.4 is 22.1 Å². The molecule has 1 aliphatic rings. The molecule has 1 fully saturated rings. The van der Waals surface area contributed by atoms with Crippen molar-refractivity contribution in [1.82, 2.24) is 10.6 Å². The van der Waals surface area contributed by atoms with Crippen LogP contribution in [0.2, 0.25) is 0 Å². The first-order valence-electron chi connectivity index (χ1n) is 9.93. The maximum absolute atomic E-state index is 11.9. The van der Waals surface area contributed by atoms with E-state index in [0.717, 1.165) is 12.8 Å². The SMILES string of the molecule is CC(C)C(=O)C(CN)NC(=O)CNC(=O)CC(N)C1CCCCC1.CCO. The van der Waals surface area contributed by atoms with E-state index < -0.39 is 11.9 Å². The number of carbonyl (C=O) groups excluding carboxylic acids is 3. The van der Waals surface area contributed by atoms with Crippen molar-refractivity contribution in [3.8, 4) is 0 Å². The summed E-state index contributed by atoms with van der Waals surface area (Å²) in [5, 5.41) is 12.7. The molecular formula is C19H38N4O4. The fourth-order valence-corrected chi connectivity index (χ4v) is 3.09. The lowest BCUT2D eigenvalue weighted by Crippen LogP contribution is -2.50. The monoisotopic (exact) mass is 386 g/mol. The summed E-state index contributed by atoms with van der Waals surface area (Å²) in [7, 11) is 0. The Bertz CT molecular complexity index is 451. The Kier molecular flexibility index (Phi) is 13.7. The van der Waals surface area contributed by atoms with Gasteiger partial charge in [-0.25, -0.2) is 0 Å². The summed E-state index contributed by atoms with van der Waals surface area (Å²) in [6.45, 7) is 5.32. The van der Waals surface area contributed by atoms with Crippen molar-refractivity contribution in [3.63, 3.8) is 0 Å². The third-order valence-corrected chi connectivity index (χ3v) is 4.61. The summed E-state index contributed by atoms with van der Waals surface area (Å²) in [6.07, 6.45) is 5.96. The van der Waals surface area contributed by atoms with Crippen LogP contribution in [0.1, 0.15) is 59.3 Å². The highest BCUT2D eigenvalue weighted by Gasteiger charge is 2.24.